The minimum Gasteiger partial charge on any atom is -0.393 e. The van der Waals surface area contributed by atoms with E-state index in [4.69, 9.17) is 4.84 Å². The maximum atomic E-state index is 10.4. The molecular formula is C27H32N2O2. The predicted molar refractivity (Wildman–Crippen MR) is 128 cm³/mol. The lowest BCUT2D eigenvalue weighted by Gasteiger charge is -2.28. The molecule has 2 aliphatic rings. The first-order valence-electron chi connectivity index (χ1n) is 11.4. The van der Waals surface area contributed by atoms with E-state index in [1.807, 2.05) is 12.1 Å². The highest BCUT2D eigenvalue weighted by Crippen LogP contribution is 2.24. The fourth-order valence-electron chi connectivity index (χ4n) is 4.27. The Balaban J connectivity index is 1.26. The summed E-state index contributed by atoms with van der Waals surface area (Å²) in [4.78, 5) is 7.86. The lowest BCUT2D eigenvalue weighted by Crippen LogP contribution is -2.37. The standard InChI is InChI=1S/C27H32N2O2/c30-26(20-29-17-15-24(16-18-29)23-11-5-2-6-12-23)21-31-28-27-14-8-7-13-25(27)19-22-9-3-1-4-10-22/h1-6,9-12,15,19,26,30H,7-8,13-14,16-18,20-21H2/b25-19+,28-27+/t26-/m0/s1. The molecule has 0 bridgehead atoms. The van der Waals surface area contributed by atoms with Gasteiger partial charge in [0.05, 0.1) is 5.71 Å². The number of hydrogen-bond donors (Lipinski definition) is 1. The second kappa shape index (κ2) is 11.1. The molecule has 0 amide bonds. The number of hydrogen-bond acceptors (Lipinski definition) is 4. The Morgan fingerprint density at radius 1 is 0.968 bits per heavy atom. The number of oxime groups is 1. The lowest BCUT2D eigenvalue weighted by atomic mass is 9.91. The summed E-state index contributed by atoms with van der Waals surface area (Å²) in [7, 11) is 0. The van der Waals surface area contributed by atoms with Crippen LogP contribution in [0, 0.1) is 0 Å². The summed E-state index contributed by atoms with van der Waals surface area (Å²) in [6.45, 7) is 2.65. The highest BCUT2D eigenvalue weighted by atomic mass is 16.6. The van der Waals surface area contributed by atoms with E-state index >= 15 is 0 Å². The number of allylic oxidation sites excluding steroid dienone is 1. The molecule has 31 heavy (non-hydrogen) atoms. The summed E-state index contributed by atoms with van der Waals surface area (Å²) in [6.07, 6.45) is 9.25. The van der Waals surface area contributed by atoms with Crippen molar-refractivity contribution in [3.63, 3.8) is 0 Å². The van der Waals surface area contributed by atoms with Crippen LogP contribution in [0.4, 0.5) is 0 Å². The van der Waals surface area contributed by atoms with Crippen LogP contribution in [0.1, 0.15) is 43.2 Å². The molecule has 0 spiro atoms. The summed E-state index contributed by atoms with van der Waals surface area (Å²) >= 11 is 0. The molecule has 1 heterocycles. The van der Waals surface area contributed by atoms with Gasteiger partial charge < -0.3 is 9.94 Å². The Morgan fingerprint density at radius 2 is 1.71 bits per heavy atom. The van der Waals surface area contributed by atoms with E-state index in [1.54, 1.807) is 0 Å². The zero-order valence-corrected chi connectivity index (χ0v) is 18.1. The van der Waals surface area contributed by atoms with Crippen LogP contribution in [0.15, 0.2) is 77.5 Å². The molecule has 1 aliphatic carbocycles. The second-order valence-corrected chi connectivity index (χ2v) is 8.38. The Morgan fingerprint density at radius 3 is 2.45 bits per heavy atom. The molecule has 4 rings (SSSR count). The van der Waals surface area contributed by atoms with E-state index in [9.17, 15) is 5.11 Å². The van der Waals surface area contributed by atoms with Gasteiger partial charge in [-0.05, 0) is 60.5 Å². The topological polar surface area (TPSA) is 45.1 Å². The minimum atomic E-state index is -0.541. The SMILES string of the molecule is O[C@H](CO/N=C1\CCCC\C1=C/c1ccccc1)CN1CC=C(c2ccccc2)CC1. The van der Waals surface area contributed by atoms with Gasteiger partial charge in [0.15, 0.2) is 0 Å². The molecule has 162 valence electrons. The molecule has 0 radical (unpaired) electrons. The molecule has 4 nitrogen and oxygen atoms in total. The van der Waals surface area contributed by atoms with E-state index in [0.717, 1.165) is 44.5 Å². The van der Waals surface area contributed by atoms with Gasteiger partial charge in [0.1, 0.15) is 12.7 Å². The largest absolute Gasteiger partial charge is 0.393 e. The van der Waals surface area contributed by atoms with Crippen molar-refractivity contribution >= 4 is 17.4 Å². The fraction of sp³-hybridized carbons (Fsp3) is 0.370. The zero-order chi connectivity index (χ0) is 21.3. The Hall–Kier alpha value is -2.69. The van der Waals surface area contributed by atoms with Crippen LogP contribution in [-0.2, 0) is 4.84 Å². The average molecular weight is 417 g/mol. The van der Waals surface area contributed by atoms with E-state index < -0.39 is 6.10 Å². The third-order valence-corrected chi connectivity index (χ3v) is 5.97. The molecule has 1 saturated carbocycles. The molecule has 2 aromatic rings. The van der Waals surface area contributed by atoms with Crippen LogP contribution < -0.4 is 0 Å². The summed E-state index contributed by atoms with van der Waals surface area (Å²) < 4.78 is 0. The summed E-state index contributed by atoms with van der Waals surface area (Å²) in [5.74, 6) is 0. The van der Waals surface area contributed by atoms with Crippen LogP contribution in [-0.4, -0.2) is 48.1 Å². The first kappa shape index (κ1) is 21.5. The first-order valence-corrected chi connectivity index (χ1v) is 11.4. The molecule has 1 aliphatic heterocycles. The number of aliphatic hydroxyl groups excluding tert-OH is 1. The van der Waals surface area contributed by atoms with Crippen molar-refractivity contribution in [1.82, 2.24) is 4.90 Å². The highest BCUT2D eigenvalue weighted by Gasteiger charge is 2.18. The zero-order valence-electron chi connectivity index (χ0n) is 18.1. The second-order valence-electron chi connectivity index (χ2n) is 8.38. The highest BCUT2D eigenvalue weighted by molar-refractivity contribution is 6.03. The Kier molecular flexibility index (Phi) is 7.70. The molecule has 2 aromatic carbocycles. The number of aliphatic hydroxyl groups is 1. The van der Waals surface area contributed by atoms with E-state index in [0.29, 0.717) is 6.54 Å². The number of benzene rings is 2. The van der Waals surface area contributed by atoms with Crippen molar-refractivity contribution in [1.29, 1.82) is 0 Å². The monoisotopic (exact) mass is 416 g/mol. The summed E-state index contributed by atoms with van der Waals surface area (Å²) in [6, 6.07) is 20.9. The molecule has 4 heteroatoms. The lowest BCUT2D eigenvalue weighted by molar-refractivity contribution is 0.0206. The van der Waals surface area contributed by atoms with Gasteiger partial charge in [-0.2, -0.15) is 0 Å². The van der Waals surface area contributed by atoms with Gasteiger partial charge in [-0.15, -0.1) is 0 Å². The predicted octanol–water partition coefficient (Wildman–Crippen LogP) is 5.17. The molecule has 0 unspecified atom stereocenters. The third-order valence-electron chi connectivity index (χ3n) is 5.97. The smallest absolute Gasteiger partial charge is 0.144 e. The van der Waals surface area contributed by atoms with E-state index in [2.05, 4.69) is 70.7 Å². The fourth-order valence-corrected chi connectivity index (χ4v) is 4.27. The molecule has 1 fully saturated rings. The maximum absolute atomic E-state index is 10.4. The molecule has 1 atom stereocenters. The van der Waals surface area contributed by atoms with E-state index in [1.165, 1.54) is 28.7 Å². The molecule has 0 saturated heterocycles. The van der Waals surface area contributed by atoms with Gasteiger partial charge in [-0.25, -0.2) is 0 Å². The van der Waals surface area contributed by atoms with Crippen molar-refractivity contribution in [2.24, 2.45) is 5.16 Å². The van der Waals surface area contributed by atoms with Crippen LogP contribution in [0.2, 0.25) is 0 Å². The van der Waals surface area contributed by atoms with Crippen molar-refractivity contribution in [3.05, 3.63) is 83.4 Å². The quantitative estimate of drug-likeness (QED) is 0.634. The molecule has 0 aromatic heterocycles. The average Bonchev–Trinajstić information content (AvgIpc) is 2.82. The van der Waals surface area contributed by atoms with Gasteiger partial charge >= 0.3 is 0 Å². The normalized spacial score (nSPS) is 21.1. The van der Waals surface area contributed by atoms with Gasteiger partial charge in [0.25, 0.3) is 0 Å². The first-order chi connectivity index (χ1) is 15.3. The molecular weight excluding hydrogens is 384 g/mol. The third kappa shape index (κ3) is 6.39. The van der Waals surface area contributed by atoms with Gasteiger partial charge in [0, 0.05) is 19.6 Å². The summed E-state index contributed by atoms with van der Waals surface area (Å²) in [5.41, 5.74) is 6.16. The van der Waals surface area contributed by atoms with Gasteiger partial charge in [-0.3, -0.25) is 4.90 Å². The van der Waals surface area contributed by atoms with Crippen molar-refractivity contribution in [2.75, 3.05) is 26.2 Å². The van der Waals surface area contributed by atoms with Crippen LogP contribution in [0.3, 0.4) is 0 Å². The van der Waals surface area contributed by atoms with Crippen molar-refractivity contribution in [2.45, 2.75) is 38.2 Å². The maximum Gasteiger partial charge on any atom is 0.144 e. The number of rotatable bonds is 7. The van der Waals surface area contributed by atoms with Crippen LogP contribution in [0.25, 0.3) is 11.6 Å². The number of nitrogens with zero attached hydrogens (tertiary/aromatic N) is 2. The van der Waals surface area contributed by atoms with E-state index in [-0.39, 0.29) is 6.61 Å². The van der Waals surface area contributed by atoms with Crippen molar-refractivity contribution in [3.8, 4) is 0 Å². The molecule has 1 N–H and O–H groups in total. The van der Waals surface area contributed by atoms with Crippen LogP contribution >= 0.6 is 0 Å². The number of β-amino-alcohol motifs (C(OH)–C–C–N with tert-alkyl or cyclic N) is 1. The Bertz CT molecular complexity index is 919. The summed E-state index contributed by atoms with van der Waals surface area (Å²) in [5, 5.41) is 14.8. The Labute approximate surface area is 185 Å². The van der Waals surface area contributed by atoms with Gasteiger partial charge in [0.2, 0.25) is 0 Å². The van der Waals surface area contributed by atoms with Gasteiger partial charge in [-0.1, -0.05) is 71.9 Å². The minimum absolute atomic E-state index is 0.230. The van der Waals surface area contributed by atoms with Crippen molar-refractivity contribution < 1.29 is 9.94 Å². The van der Waals surface area contributed by atoms with Crippen LogP contribution in [0.5, 0.6) is 0 Å².